The highest BCUT2D eigenvalue weighted by atomic mass is 35.5. The Hall–Kier alpha value is -0.970. The maximum absolute atomic E-state index is 5.90. The van der Waals surface area contributed by atoms with Crippen molar-refractivity contribution in [3.05, 3.63) is 46.7 Å². The molecule has 108 valence electrons. The van der Waals surface area contributed by atoms with E-state index in [0.29, 0.717) is 6.04 Å². The molecule has 20 heavy (non-hydrogen) atoms. The standard InChI is InChI=1S/C15H20ClN3S/c1-11-8-14(19(3)18-11)9-13(17-2)10-20-15-6-4-12(16)5-7-15/h4-8,13,17H,9-10H2,1-3H3. The predicted molar refractivity (Wildman–Crippen MR) is 86.7 cm³/mol. The van der Waals surface area contributed by atoms with Crippen molar-refractivity contribution in [2.45, 2.75) is 24.3 Å². The molecule has 2 rings (SSSR count). The second-order valence-electron chi connectivity index (χ2n) is 4.86. The molecule has 1 atom stereocenters. The number of nitrogens with zero attached hydrogens (tertiary/aromatic N) is 2. The van der Waals surface area contributed by atoms with Crippen LogP contribution in [0.3, 0.4) is 0 Å². The van der Waals surface area contributed by atoms with Crippen molar-refractivity contribution < 1.29 is 0 Å². The molecule has 0 saturated carbocycles. The number of aryl methyl sites for hydroxylation is 2. The van der Waals surface area contributed by atoms with E-state index in [1.165, 1.54) is 10.6 Å². The van der Waals surface area contributed by atoms with Crippen LogP contribution < -0.4 is 5.32 Å². The lowest BCUT2D eigenvalue weighted by molar-refractivity contribution is 0.582. The van der Waals surface area contributed by atoms with E-state index in [0.717, 1.165) is 22.9 Å². The van der Waals surface area contributed by atoms with Gasteiger partial charge in [0.2, 0.25) is 0 Å². The highest BCUT2D eigenvalue weighted by Gasteiger charge is 2.11. The number of hydrogen-bond donors (Lipinski definition) is 1. The Morgan fingerprint density at radius 2 is 2.05 bits per heavy atom. The zero-order valence-corrected chi connectivity index (χ0v) is 13.6. The third kappa shape index (κ3) is 4.27. The number of likely N-dealkylation sites (N-methyl/N-ethyl adjacent to an activating group) is 1. The topological polar surface area (TPSA) is 29.9 Å². The molecule has 5 heteroatoms. The summed E-state index contributed by atoms with van der Waals surface area (Å²) in [5.41, 5.74) is 2.33. The second kappa shape index (κ2) is 7.16. The minimum atomic E-state index is 0.422. The SMILES string of the molecule is CNC(CSc1ccc(Cl)cc1)Cc1cc(C)nn1C. The van der Waals surface area contributed by atoms with Gasteiger partial charge in [-0.15, -0.1) is 11.8 Å². The van der Waals surface area contributed by atoms with Crippen LogP contribution >= 0.6 is 23.4 Å². The number of halogens is 1. The molecule has 0 fully saturated rings. The van der Waals surface area contributed by atoms with Gasteiger partial charge in [0.15, 0.2) is 0 Å². The van der Waals surface area contributed by atoms with E-state index in [9.17, 15) is 0 Å². The molecule has 1 heterocycles. The molecule has 1 aromatic heterocycles. The molecular formula is C15H20ClN3S. The quantitative estimate of drug-likeness (QED) is 0.830. The molecule has 0 radical (unpaired) electrons. The van der Waals surface area contributed by atoms with Gasteiger partial charge in [-0.3, -0.25) is 4.68 Å². The lowest BCUT2D eigenvalue weighted by Crippen LogP contribution is -2.30. The molecule has 0 aliphatic carbocycles. The van der Waals surface area contributed by atoms with E-state index in [4.69, 9.17) is 11.6 Å². The molecule has 0 aliphatic rings. The fourth-order valence-corrected chi connectivity index (χ4v) is 3.21. The van der Waals surface area contributed by atoms with Crippen LogP contribution in [0.1, 0.15) is 11.4 Å². The van der Waals surface area contributed by atoms with Crippen LogP contribution in [0, 0.1) is 6.92 Å². The zero-order valence-electron chi connectivity index (χ0n) is 12.1. The smallest absolute Gasteiger partial charge is 0.0596 e. The first-order valence-electron chi connectivity index (χ1n) is 6.63. The lowest BCUT2D eigenvalue weighted by Gasteiger charge is -2.15. The van der Waals surface area contributed by atoms with Crippen LogP contribution in [0.15, 0.2) is 35.2 Å². The Bertz CT molecular complexity index is 551. The summed E-state index contributed by atoms with van der Waals surface area (Å²) in [7, 11) is 4.01. The molecule has 0 saturated heterocycles. The Morgan fingerprint density at radius 1 is 1.35 bits per heavy atom. The Kier molecular flexibility index (Phi) is 5.52. The van der Waals surface area contributed by atoms with E-state index in [-0.39, 0.29) is 0 Å². The molecule has 0 spiro atoms. The van der Waals surface area contributed by atoms with Crippen LogP contribution in [-0.2, 0) is 13.5 Å². The predicted octanol–water partition coefficient (Wildman–Crippen LogP) is 3.30. The maximum atomic E-state index is 5.90. The molecule has 3 nitrogen and oxygen atoms in total. The summed E-state index contributed by atoms with van der Waals surface area (Å²) in [6, 6.07) is 10.6. The summed E-state index contributed by atoms with van der Waals surface area (Å²) in [6.45, 7) is 2.03. The highest BCUT2D eigenvalue weighted by Crippen LogP contribution is 2.21. The van der Waals surface area contributed by atoms with Crippen LogP contribution in [-0.4, -0.2) is 28.6 Å². The Morgan fingerprint density at radius 3 is 2.60 bits per heavy atom. The first-order valence-corrected chi connectivity index (χ1v) is 8.00. The van der Waals surface area contributed by atoms with E-state index >= 15 is 0 Å². The fraction of sp³-hybridized carbons (Fsp3) is 0.400. The summed E-state index contributed by atoms with van der Waals surface area (Å²) in [6.07, 6.45) is 0.981. The number of nitrogens with one attached hydrogen (secondary N) is 1. The van der Waals surface area contributed by atoms with Crippen LogP contribution in [0.25, 0.3) is 0 Å². The van der Waals surface area contributed by atoms with Gasteiger partial charge in [0, 0.05) is 40.9 Å². The average Bonchev–Trinajstić information content (AvgIpc) is 2.74. The number of thioether (sulfide) groups is 1. The summed E-state index contributed by atoms with van der Waals surface area (Å²) >= 11 is 7.74. The van der Waals surface area contributed by atoms with Gasteiger partial charge in [0.25, 0.3) is 0 Å². The molecule has 1 N–H and O–H groups in total. The van der Waals surface area contributed by atoms with Crippen molar-refractivity contribution in [3.63, 3.8) is 0 Å². The van der Waals surface area contributed by atoms with Gasteiger partial charge >= 0.3 is 0 Å². The van der Waals surface area contributed by atoms with Crippen molar-refractivity contribution in [3.8, 4) is 0 Å². The van der Waals surface area contributed by atoms with E-state index in [2.05, 4.69) is 28.6 Å². The van der Waals surface area contributed by atoms with Gasteiger partial charge in [-0.1, -0.05) is 11.6 Å². The van der Waals surface area contributed by atoms with Crippen LogP contribution in [0.4, 0.5) is 0 Å². The van der Waals surface area contributed by atoms with Crippen molar-refractivity contribution in [1.29, 1.82) is 0 Å². The van der Waals surface area contributed by atoms with Gasteiger partial charge < -0.3 is 5.32 Å². The van der Waals surface area contributed by atoms with Gasteiger partial charge in [-0.25, -0.2) is 0 Å². The number of benzene rings is 1. The fourth-order valence-electron chi connectivity index (χ4n) is 2.08. The molecule has 0 bridgehead atoms. The van der Waals surface area contributed by atoms with E-state index in [1.807, 2.05) is 49.6 Å². The molecule has 0 amide bonds. The first kappa shape index (κ1) is 15.4. The summed E-state index contributed by atoms with van der Waals surface area (Å²) in [4.78, 5) is 1.25. The maximum Gasteiger partial charge on any atom is 0.0596 e. The van der Waals surface area contributed by atoms with Gasteiger partial charge in [0.05, 0.1) is 5.69 Å². The minimum absolute atomic E-state index is 0.422. The molecule has 0 aliphatic heterocycles. The third-order valence-electron chi connectivity index (χ3n) is 3.23. The molecule has 1 aromatic carbocycles. The van der Waals surface area contributed by atoms with Crippen molar-refractivity contribution >= 4 is 23.4 Å². The number of hydrogen-bond acceptors (Lipinski definition) is 3. The number of aromatic nitrogens is 2. The molecule has 1 unspecified atom stereocenters. The van der Waals surface area contributed by atoms with Crippen molar-refractivity contribution in [1.82, 2.24) is 15.1 Å². The normalized spacial score (nSPS) is 12.6. The third-order valence-corrected chi connectivity index (χ3v) is 4.65. The largest absolute Gasteiger partial charge is 0.316 e. The number of rotatable bonds is 6. The molecular weight excluding hydrogens is 290 g/mol. The summed E-state index contributed by atoms with van der Waals surface area (Å²) < 4.78 is 1.96. The van der Waals surface area contributed by atoms with Crippen molar-refractivity contribution in [2.75, 3.05) is 12.8 Å². The highest BCUT2D eigenvalue weighted by molar-refractivity contribution is 7.99. The zero-order chi connectivity index (χ0) is 14.5. The average molecular weight is 310 g/mol. The van der Waals surface area contributed by atoms with Gasteiger partial charge in [-0.2, -0.15) is 5.10 Å². The minimum Gasteiger partial charge on any atom is -0.316 e. The van der Waals surface area contributed by atoms with Gasteiger partial charge in [0.1, 0.15) is 0 Å². The lowest BCUT2D eigenvalue weighted by atomic mass is 10.2. The second-order valence-corrected chi connectivity index (χ2v) is 6.39. The summed E-state index contributed by atoms with van der Waals surface area (Å²) in [5.74, 6) is 1.02. The van der Waals surface area contributed by atoms with Crippen LogP contribution in [0.5, 0.6) is 0 Å². The van der Waals surface area contributed by atoms with E-state index < -0.39 is 0 Å². The Balaban J connectivity index is 1.92. The summed E-state index contributed by atoms with van der Waals surface area (Å²) in [5, 5.41) is 8.56. The first-order chi connectivity index (χ1) is 9.58. The Labute approximate surface area is 129 Å². The van der Waals surface area contributed by atoms with Gasteiger partial charge in [-0.05, 0) is 44.3 Å². The van der Waals surface area contributed by atoms with Crippen molar-refractivity contribution in [2.24, 2.45) is 7.05 Å². The molecule has 2 aromatic rings. The van der Waals surface area contributed by atoms with Crippen LogP contribution in [0.2, 0.25) is 5.02 Å². The van der Waals surface area contributed by atoms with E-state index in [1.54, 1.807) is 0 Å². The monoisotopic (exact) mass is 309 g/mol.